The maximum Gasteiger partial charge on any atom is 0.266 e. The number of nitrogens with zero attached hydrogens (tertiary/aromatic N) is 4. The summed E-state index contributed by atoms with van der Waals surface area (Å²) in [5.41, 5.74) is 3.16. The first kappa shape index (κ1) is 26.2. The van der Waals surface area contributed by atoms with Gasteiger partial charge in [0.05, 0.1) is 24.7 Å². The molecule has 2 aromatic heterocycles. The van der Waals surface area contributed by atoms with Gasteiger partial charge in [0.15, 0.2) is 0 Å². The van der Waals surface area contributed by atoms with Gasteiger partial charge in [-0.1, -0.05) is 25.7 Å². The van der Waals surface area contributed by atoms with Gasteiger partial charge >= 0.3 is 0 Å². The molecule has 194 valence electrons. The number of aryl methyl sites for hydroxylation is 1. The van der Waals surface area contributed by atoms with Gasteiger partial charge in [0.2, 0.25) is 0 Å². The third-order valence-electron chi connectivity index (χ3n) is 6.60. The van der Waals surface area contributed by atoms with Gasteiger partial charge in [-0.3, -0.25) is 9.36 Å². The van der Waals surface area contributed by atoms with Crippen molar-refractivity contribution >= 4 is 24.8 Å². The molecule has 0 amide bonds. The number of halogens is 2. The number of methoxy groups -OCH3 is 1. The minimum absolute atomic E-state index is 0.0816. The van der Waals surface area contributed by atoms with Gasteiger partial charge < -0.3 is 14.4 Å². The summed E-state index contributed by atoms with van der Waals surface area (Å²) in [4.78, 5) is 24.5. The van der Waals surface area contributed by atoms with Crippen molar-refractivity contribution in [3.8, 4) is 17.0 Å². The number of rotatable bonds is 8. The topological polar surface area (TPSA) is 69.5 Å². The van der Waals surface area contributed by atoms with Gasteiger partial charge in [-0.15, -0.1) is 0 Å². The number of hydrogen-bond donors (Lipinski definition) is 0. The van der Waals surface area contributed by atoms with Crippen molar-refractivity contribution < 1.29 is 18.3 Å². The van der Waals surface area contributed by atoms with Crippen LogP contribution in [0.4, 0.5) is 14.6 Å². The van der Waals surface area contributed by atoms with E-state index in [1.807, 2.05) is 26.0 Å². The summed E-state index contributed by atoms with van der Waals surface area (Å²) < 4.78 is 40.9. The number of alkyl halides is 2. The standard InChI is InChI=1S/C26H34F2N4O3Si/c1-17-7-8-20(34-3)18(2)22(17)24-23-19(13-21(30-24)31-10-9-26(27,28)14-31)25(33)32(15-29-23)16-35-11-12-36(4,5)6/h7-8,13,15H,9-12,14,16H2,1-6H3. The molecule has 1 aliphatic heterocycles. The fraction of sp³-hybridized carbons (Fsp3) is 0.500. The van der Waals surface area contributed by atoms with Crippen molar-refractivity contribution in [3.05, 3.63) is 46.0 Å². The Morgan fingerprint density at radius 3 is 2.58 bits per heavy atom. The molecule has 0 spiro atoms. The molecule has 0 radical (unpaired) electrons. The molecule has 0 bridgehead atoms. The summed E-state index contributed by atoms with van der Waals surface area (Å²) in [6.45, 7) is 11.0. The van der Waals surface area contributed by atoms with Crippen molar-refractivity contribution in [3.63, 3.8) is 0 Å². The van der Waals surface area contributed by atoms with Crippen LogP contribution in [0.5, 0.6) is 5.75 Å². The third kappa shape index (κ3) is 5.44. The van der Waals surface area contributed by atoms with E-state index in [2.05, 4.69) is 24.6 Å². The molecule has 36 heavy (non-hydrogen) atoms. The van der Waals surface area contributed by atoms with Gasteiger partial charge in [-0.05, 0) is 37.6 Å². The predicted molar refractivity (Wildman–Crippen MR) is 141 cm³/mol. The molecular weight excluding hydrogens is 482 g/mol. The second kappa shape index (κ2) is 9.89. The number of benzene rings is 1. The lowest BCUT2D eigenvalue weighted by molar-refractivity contribution is 0.0256. The van der Waals surface area contributed by atoms with Gasteiger partial charge in [0.1, 0.15) is 30.1 Å². The quantitative estimate of drug-likeness (QED) is 0.301. The van der Waals surface area contributed by atoms with E-state index in [1.165, 1.54) is 15.8 Å². The summed E-state index contributed by atoms with van der Waals surface area (Å²) in [5, 5.41) is 0.322. The van der Waals surface area contributed by atoms with Crippen LogP contribution in [-0.4, -0.2) is 55.3 Å². The SMILES string of the molecule is COc1ccc(C)c(-c2nc(N3CCC(F)(F)C3)cc3c(=O)n(COCC[Si](C)(C)C)cnc23)c1C. The summed E-state index contributed by atoms with van der Waals surface area (Å²) in [6, 6.07) is 6.36. The number of fused-ring (bicyclic) bond motifs is 1. The molecule has 0 unspecified atom stereocenters. The molecule has 10 heteroatoms. The Labute approximate surface area is 211 Å². The van der Waals surface area contributed by atoms with Gasteiger partial charge in [0.25, 0.3) is 11.5 Å². The normalized spacial score (nSPS) is 15.6. The van der Waals surface area contributed by atoms with Crippen LogP contribution in [0.1, 0.15) is 17.5 Å². The molecule has 1 aliphatic rings. The Morgan fingerprint density at radius 1 is 1.19 bits per heavy atom. The Hall–Kier alpha value is -2.85. The van der Waals surface area contributed by atoms with Crippen molar-refractivity contribution in [2.24, 2.45) is 0 Å². The van der Waals surface area contributed by atoms with E-state index >= 15 is 0 Å². The Balaban J connectivity index is 1.85. The largest absolute Gasteiger partial charge is 0.496 e. The lowest BCUT2D eigenvalue weighted by atomic mass is 9.97. The Morgan fingerprint density at radius 2 is 1.94 bits per heavy atom. The van der Waals surface area contributed by atoms with Crippen LogP contribution < -0.4 is 15.2 Å². The highest BCUT2D eigenvalue weighted by Crippen LogP contribution is 2.37. The number of ether oxygens (including phenoxy) is 2. The highest BCUT2D eigenvalue weighted by Gasteiger charge is 2.39. The van der Waals surface area contributed by atoms with Gasteiger partial charge in [0, 0.05) is 38.8 Å². The molecule has 1 aromatic carbocycles. The van der Waals surface area contributed by atoms with Crippen molar-refractivity contribution in [2.75, 3.05) is 31.7 Å². The molecule has 3 heterocycles. The zero-order valence-electron chi connectivity index (χ0n) is 21.8. The number of hydrogen-bond acceptors (Lipinski definition) is 6. The average Bonchev–Trinajstić information content (AvgIpc) is 3.17. The molecule has 0 aliphatic carbocycles. The fourth-order valence-electron chi connectivity index (χ4n) is 4.47. The van der Waals surface area contributed by atoms with Crippen molar-refractivity contribution in [1.29, 1.82) is 0 Å². The highest BCUT2D eigenvalue weighted by atomic mass is 28.3. The molecule has 0 N–H and O–H groups in total. The first-order valence-electron chi connectivity index (χ1n) is 12.2. The Bertz CT molecular complexity index is 1340. The third-order valence-corrected chi connectivity index (χ3v) is 8.30. The van der Waals surface area contributed by atoms with Crippen LogP contribution in [0.3, 0.4) is 0 Å². The zero-order valence-corrected chi connectivity index (χ0v) is 22.8. The van der Waals surface area contributed by atoms with Crippen LogP contribution in [0.2, 0.25) is 25.7 Å². The molecule has 0 saturated carbocycles. The number of anilines is 1. The maximum atomic E-state index is 14.1. The van der Waals surface area contributed by atoms with Crippen molar-refractivity contribution in [1.82, 2.24) is 14.5 Å². The van der Waals surface area contributed by atoms with Crippen LogP contribution in [0.25, 0.3) is 22.2 Å². The summed E-state index contributed by atoms with van der Waals surface area (Å²) in [5.74, 6) is -1.78. The first-order chi connectivity index (χ1) is 16.9. The minimum atomic E-state index is -2.79. The number of aromatic nitrogens is 3. The van der Waals surface area contributed by atoms with Gasteiger partial charge in [-0.25, -0.2) is 18.7 Å². The summed E-state index contributed by atoms with van der Waals surface area (Å²) in [6.07, 6.45) is 1.22. The van der Waals surface area contributed by atoms with E-state index in [9.17, 15) is 13.6 Å². The van der Waals surface area contributed by atoms with Gasteiger partial charge in [-0.2, -0.15) is 0 Å². The lowest BCUT2D eigenvalue weighted by Gasteiger charge is -2.21. The molecule has 3 aromatic rings. The van der Waals surface area contributed by atoms with E-state index in [4.69, 9.17) is 14.5 Å². The van der Waals surface area contributed by atoms with Crippen LogP contribution >= 0.6 is 0 Å². The number of pyridine rings is 1. The second-order valence-corrected chi connectivity index (χ2v) is 16.3. The summed E-state index contributed by atoms with van der Waals surface area (Å²) >= 11 is 0. The average molecular weight is 517 g/mol. The van der Waals surface area contributed by atoms with Crippen LogP contribution in [0.15, 0.2) is 29.3 Å². The highest BCUT2D eigenvalue weighted by molar-refractivity contribution is 6.76. The second-order valence-electron chi connectivity index (χ2n) is 10.7. The van der Waals surface area contributed by atoms with E-state index in [1.54, 1.807) is 13.2 Å². The molecular formula is C26H34F2N4O3Si. The summed E-state index contributed by atoms with van der Waals surface area (Å²) in [7, 11) is 0.328. The monoisotopic (exact) mass is 516 g/mol. The van der Waals surface area contributed by atoms with E-state index in [-0.39, 0.29) is 25.3 Å². The van der Waals surface area contributed by atoms with E-state index < -0.39 is 20.5 Å². The molecule has 0 atom stereocenters. The van der Waals surface area contributed by atoms with Crippen LogP contribution in [0, 0.1) is 13.8 Å². The van der Waals surface area contributed by atoms with E-state index in [0.717, 1.165) is 22.7 Å². The Kier molecular flexibility index (Phi) is 7.20. The predicted octanol–water partition coefficient (Wildman–Crippen LogP) is 5.24. The minimum Gasteiger partial charge on any atom is -0.496 e. The lowest BCUT2D eigenvalue weighted by Crippen LogP contribution is -2.27. The smallest absolute Gasteiger partial charge is 0.266 e. The molecule has 1 fully saturated rings. The maximum absolute atomic E-state index is 14.1. The van der Waals surface area contributed by atoms with E-state index in [0.29, 0.717) is 34.8 Å². The van der Waals surface area contributed by atoms with Crippen molar-refractivity contribution in [2.45, 2.75) is 58.6 Å². The molecule has 4 rings (SSSR count). The molecule has 7 nitrogen and oxygen atoms in total. The molecule has 1 saturated heterocycles. The first-order valence-corrected chi connectivity index (χ1v) is 15.9. The van der Waals surface area contributed by atoms with Crippen LogP contribution in [-0.2, 0) is 11.5 Å². The fourth-order valence-corrected chi connectivity index (χ4v) is 5.22. The zero-order chi connectivity index (χ0) is 26.3.